The zero-order valence-corrected chi connectivity index (χ0v) is 13.8. The van der Waals surface area contributed by atoms with Crippen molar-refractivity contribution >= 4 is 27.7 Å². The van der Waals surface area contributed by atoms with E-state index in [1.807, 2.05) is 32.0 Å². The fourth-order valence-electron chi connectivity index (χ4n) is 1.85. The van der Waals surface area contributed by atoms with Crippen LogP contribution in [0.4, 0.5) is 0 Å². The summed E-state index contributed by atoms with van der Waals surface area (Å²) < 4.78 is 2.62. The quantitative estimate of drug-likeness (QED) is 0.863. The van der Waals surface area contributed by atoms with E-state index in [1.54, 1.807) is 4.57 Å². The second kappa shape index (κ2) is 6.60. The molecule has 0 saturated carbocycles. The third-order valence-corrected chi connectivity index (χ3v) is 4.51. The van der Waals surface area contributed by atoms with Gasteiger partial charge in [0.25, 0.3) is 0 Å². The first-order valence-electron chi connectivity index (χ1n) is 6.41. The van der Waals surface area contributed by atoms with Gasteiger partial charge < -0.3 is 5.73 Å². The van der Waals surface area contributed by atoms with Gasteiger partial charge in [0.2, 0.25) is 0 Å². The van der Waals surface area contributed by atoms with Crippen molar-refractivity contribution in [3.05, 3.63) is 38.7 Å². The van der Waals surface area contributed by atoms with E-state index < -0.39 is 0 Å². The van der Waals surface area contributed by atoms with Gasteiger partial charge in [-0.15, -0.1) is 5.10 Å². The van der Waals surface area contributed by atoms with Crippen molar-refractivity contribution in [1.82, 2.24) is 14.8 Å². The van der Waals surface area contributed by atoms with E-state index in [9.17, 15) is 4.79 Å². The van der Waals surface area contributed by atoms with Crippen LogP contribution in [0.3, 0.4) is 0 Å². The van der Waals surface area contributed by atoms with Crippen molar-refractivity contribution in [2.24, 2.45) is 5.73 Å². The molecule has 2 aromatic rings. The van der Waals surface area contributed by atoms with Gasteiger partial charge in [-0.1, -0.05) is 28.9 Å². The molecule has 2 rings (SSSR count). The van der Waals surface area contributed by atoms with Crippen LogP contribution < -0.4 is 11.4 Å². The van der Waals surface area contributed by atoms with Crippen LogP contribution in [0.1, 0.15) is 31.9 Å². The summed E-state index contributed by atoms with van der Waals surface area (Å²) in [5, 5.41) is 7.23. The van der Waals surface area contributed by atoms with Gasteiger partial charge in [0.05, 0.1) is 0 Å². The largest absolute Gasteiger partial charge is 0.343 e. The van der Waals surface area contributed by atoms with Crippen molar-refractivity contribution in [3.8, 4) is 0 Å². The van der Waals surface area contributed by atoms with Gasteiger partial charge in [0.1, 0.15) is 0 Å². The van der Waals surface area contributed by atoms with Crippen LogP contribution >= 0.6 is 27.7 Å². The molecule has 0 fully saturated rings. The number of hydrogen-bond acceptors (Lipinski definition) is 4. The SMILES string of the molecule is CCCn1c(Sc2ccc(C(C)N)c(Br)c2)n[nH]c1=O. The molecular weight excluding hydrogens is 340 g/mol. The molecule has 1 unspecified atom stereocenters. The van der Waals surface area contributed by atoms with E-state index >= 15 is 0 Å². The molecule has 3 N–H and O–H groups in total. The third-order valence-electron chi connectivity index (χ3n) is 2.84. The summed E-state index contributed by atoms with van der Waals surface area (Å²) in [6.07, 6.45) is 0.889. The predicted molar refractivity (Wildman–Crippen MR) is 84.0 cm³/mol. The first kappa shape index (κ1) is 15.3. The normalized spacial score (nSPS) is 12.6. The first-order valence-corrected chi connectivity index (χ1v) is 8.02. The van der Waals surface area contributed by atoms with Crippen LogP contribution in [0.25, 0.3) is 0 Å². The van der Waals surface area contributed by atoms with Gasteiger partial charge >= 0.3 is 5.69 Å². The Morgan fingerprint density at radius 2 is 2.30 bits per heavy atom. The lowest BCUT2D eigenvalue weighted by molar-refractivity contribution is 0.604. The lowest BCUT2D eigenvalue weighted by Gasteiger charge is -2.10. The highest BCUT2D eigenvalue weighted by Crippen LogP contribution is 2.31. The average molecular weight is 357 g/mol. The Labute approximate surface area is 130 Å². The molecule has 0 saturated heterocycles. The minimum Gasteiger partial charge on any atom is -0.324 e. The van der Waals surface area contributed by atoms with Crippen LogP contribution in [-0.2, 0) is 6.54 Å². The second-order valence-corrected chi connectivity index (χ2v) is 6.43. The maximum Gasteiger partial charge on any atom is 0.343 e. The summed E-state index contributed by atoms with van der Waals surface area (Å²) >= 11 is 4.98. The third kappa shape index (κ3) is 3.34. The predicted octanol–water partition coefficient (Wildman–Crippen LogP) is 2.91. The van der Waals surface area contributed by atoms with Crippen molar-refractivity contribution < 1.29 is 0 Å². The molecule has 108 valence electrons. The highest BCUT2D eigenvalue weighted by atomic mass is 79.9. The Bertz CT molecular complexity index is 650. The van der Waals surface area contributed by atoms with Gasteiger partial charge in [-0.25, -0.2) is 9.89 Å². The lowest BCUT2D eigenvalue weighted by atomic mass is 10.1. The molecule has 7 heteroatoms. The highest BCUT2D eigenvalue weighted by molar-refractivity contribution is 9.10. The highest BCUT2D eigenvalue weighted by Gasteiger charge is 2.11. The lowest BCUT2D eigenvalue weighted by Crippen LogP contribution is -2.17. The topological polar surface area (TPSA) is 76.7 Å². The van der Waals surface area contributed by atoms with Crippen LogP contribution in [0.5, 0.6) is 0 Å². The smallest absolute Gasteiger partial charge is 0.324 e. The molecule has 0 aliphatic rings. The standard InChI is InChI=1S/C13H17BrN4OS/c1-3-6-18-12(19)16-17-13(18)20-9-4-5-10(8(2)15)11(14)7-9/h4-5,7-8H,3,6,15H2,1-2H3,(H,16,19). The summed E-state index contributed by atoms with van der Waals surface area (Å²) in [7, 11) is 0. The molecule has 20 heavy (non-hydrogen) atoms. The van der Waals surface area contributed by atoms with Crippen LogP contribution in [0, 0.1) is 0 Å². The number of nitrogens with two attached hydrogens (primary N) is 1. The number of halogens is 1. The van der Waals surface area contributed by atoms with E-state index in [2.05, 4.69) is 26.1 Å². The van der Waals surface area contributed by atoms with Gasteiger partial charge in [-0.3, -0.25) is 4.57 Å². The number of aromatic amines is 1. The maximum absolute atomic E-state index is 11.6. The summed E-state index contributed by atoms with van der Waals surface area (Å²) in [5.74, 6) is 0. The molecule has 1 aromatic carbocycles. The number of benzene rings is 1. The van der Waals surface area contributed by atoms with Crippen molar-refractivity contribution in [2.45, 2.75) is 42.9 Å². The van der Waals surface area contributed by atoms with Gasteiger partial charge in [-0.05, 0) is 42.8 Å². The number of H-pyrrole nitrogens is 1. The minimum atomic E-state index is -0.166. The number of hydrogen-bond donors (Lipinski definition) is 2. The number of rotatable bonds is 5. The molecule has 5 nitrogen and oxygen atoms in total. The van der Waals surface area contributed by atoms with Crippen LogP contribution in [0.15, 0.2) is 37.5 Å². The monoisotopic (exact) mass is 356 g/mol. The molecule has 1 aromatic heterocycles. The Balaban J connectivity index is 2.27. The van der Waals surface area contributed by atoms with Gasteiger partial charge in [0.15, 0.2) is 5.16 Å². The fourth-order valence-corrected chi connectivity index (χ4v) is 3.64. The van der Waals surface area contributed by atoms with Crippen molar-refractivity contribution in [2.75, 3.05) is 0 Å². The molecule has 1 atom stereocenters. The van der Waals surface area contributed by atoms with E-state index in [0.29, 0.717) is 11.7 Å². The van der Waals surface area contributed by atoms with Gasteiger partial charge in [-0.2, -0.15) is 0 Å². The summed E-state index contributed by atoms with van der Waals surface area (Å²) in [6.45, 7) is 4.64. The zero-order chi connectivity index (χ0) is 14.7. The zero-order valence-electron chi connectivity index (χ0n) is 11.4. The number of nitrogens with zero attached hydrogens (tertiary/aromatic N) is 2. The van der Waals surface area contributed by atoms with E-state index in [-0.39, 0.29) is 11.7 Å². The van der Waals surface area contributed by atoms with E-state index in [4.69, 9.17) is 5.73 Å². The molecule has 0 aliphatic heterocycles. The summed E-state index contributed by atoms with van der Waals surface area (Å²) in [4.78, 5) is 12.6. The Hall–Kier alpha value is -1.05. The molecular formula is C13H17BrN4OS. The fraction of sp³-hybridized carbons (Fsp3) is 0.385. The van der Waals surface area contributed by atoms with Crippen molar-refractivity contribution in [3.63, 3.8) is 0 Å². The van der Waals surface area contributed by atoms with Crippen LogP contribution in [0.2, 0.25) is 0 Å². The van der Waals surface area contributed by atoms with Crippen LogP contribution in [-0.4, -0.2) is 14.8 Å². The van der Waals surface area contributed by atoms with E-state index in [1.165, 1.54) is 11.8 Å². The maximum atomic E-state index is 11.6. The summed E-state index contributed by atoms with van der Waals surface area (Å²) in [5.41, 5.74) is 6.78. The summed E-state index contributed by atoms with van der Waals surface area (Å²) in [6, 6.07) is 5.96. The number of nitrogens with one attached hydrogen (secondary N) is 1. The first-order chi connectivity index (χ1) is 9.52. The molecule has 0 spiro atoms. The van der Waals surface area contributed by atoms with Gasteiger partial charge in [0, 0.05) is 22.0 Å². The Kier molecular flexibility index (Phi) is 5.06. The Morgan fingerprint density at radius 3 is 2.90 bits per heavy atom. The molecule has 0 bridgehead atoms. The molecule has 0 aliphatic carbocycles. The van der Waals surface area contributed by atoms with Crippen molar-refractivity contribution in [1.29, 1.82) is 0 Å². The van der Waals surface area contributed by atoms with E-state index in [0.717, 1.165) is 21.4 Å². The Morgan fingerprint density at radius 1 is 1.55 bits per heavy atom. The minimum absolute atomic E-state index is 0.0212. The second-order valence-electron chi connectivity index (χ2n) is 4.54. The number of aromatic nitrogens is 3. The average Bonchev–Trinajstić information content (AvgIpc) is 2.72. The molecule has 1 heterocycles. The molecule has 0 amide bonds. The molecule has 0 radical (unpaired) electrons.